The molecular weight excluding hydrogens is 248 g/mol. The van der Waals surface area contributed by atoms with Gasteiger partial charge in [0.1, 0.15) is 11.6 Å². The summed E-state index contributed by atoms with van der Waals surface area (Å²) < 4.78 is 8.35. The van der Waals surface area contributed by atoms with Crippen LogP contribution in [0.5, 0.6) is 0 Å². The van der Waals surface area contributed by atoms with E-state index in [4.69, 9.17) is 10.5 Å². The van der Waals surface area contributed by atoms with Crippen LogP contribution in [0.2, 0.25) is 0 Å². The highest BCUT2D eigenvalue weighted by Crippen LogP contribution is 2.15. The molecule has 0 unspecified atom stereocenters. The highest BCUT2D eigenvalue weighted by atomic mass is 16.5. The number of rotatable bonds is 5. The third kappa shape index (κ3) is 2.72. The summed E-state index contributed by atoms with van der Waals surface area (Å²) in [6.45, 7) is 4.99. The van der Waals surface area contributed by atoms with Gasteiger partial charge in [-0.15, -0.1) is 5.10 Å². The fraction of sp³-hybridized carbons (Fsp3) is 0.455. The highest BCUT2D eigenvalue weighted by molar-refractivity contribution is 5.92. The van der Waals surface area contributed by atoms with Gasteiger partial charge in [0.25, 0.3) is 0 Å². The zero-order valence-corrected chi connectivity index (χ0v) is 10.9. The molecular formula is C11H16N6O2. The van der Waals surface area contributed by atoms with Gasteiger partial charge in [-0.1, -0.05) is 5.21 Å². The summed E-state index contributed by atoms with van der Waals surface area (Å²) in [6.07, 6.45) is 3.36. The standard InChI is InChI=1S/C11H16N6O2/c1-3-19-11(18)9-10(12)17(8(2)14-9)7-6-16-5-4-13-15-16/h4-5H,3,6-7,12H2,1-2H3. The van der Waals surface area contributed by atoms with Gasteiger partial charge in [-0.3, -0.25) is 4.68 Å². The summed E-state index contributed by atoms with van der Waals surface area (Å²) in [7, 11) is 0. The monoisotopic (exact) mass is 264 g/mol. The number of hydrogen-bond donors (Lipinski definition) is 1. The lowest BCUT2D eigenvalue weighted by Crippen LogP contribution is -2.13. The number of anilines is 1. The van der Waals surface area contributed by atoms with Crippen molar-refractivity contribution in [3.8, 4) is 0 Å². The molecule has 102 valence electrons. The first-order valence-corrected chi connectivity index (χ1v) is 5.97. The van der Waals surface area contributed by atoms with Crippen LogP contribution in [0, 0.1) is 6.92 Å². The van der Waals surface area contributed by atoms with E-state index in [1.54, 1.807) is 35.5 Å². The molecule has 0 amide bonds. The van der Waals surface area contributed by atoms with E-state index in [-0.39, 0.29) is 5.69 Å². The normalized spacial score (nSPS) is 10.6. The van der Waals surface area contributed by atoms with Crippen LogP contribution in [0.4, 0.5) is 5.82 Å². The predicted molar refractivity (Wildman–Crippen MR) is 67.4 cm³/mol. The second-order valence-electron chi connectivity index (χ2n) is 3.93. The van der Waals surface area contributed by atoms with Gasteiger partial charge in [-0.2, -0.15) is 0 Å². The average molecular weight is 264 g/mol. The molecule has 8 heteroatoms. The number of hydrogen-bond acceptors (Lipinski definition) is 6. The first kappa shape index (κ1) is 13.1. The molecule has 0 radical (unpaired) electrons. The van der Waals surface area contributed by atoms with Gasteiger partial charge < -0.3 is 15.0 Å². The quantitative estimate of drug-likeness (QED) is 0.776. The van der Waals surface area contributed by atoms with E-state index in [0.717, 1.165) is 0 Å². The maximum Gasteiger partial charge on any atom is 0.360 e. The van der Waals surface area contributed by atoms with Crippen LogP contribution in [0.3, 0.4) is 0 Å². The Balaban J connectivity index is 2.14. The van der Waals surface area contributed by atoms with Crippen LogP contribution < -0.4 is 5.73 Å². The number of carbonyl (C=O) groups is 1. The van der Waals surface area contributed by atoms with Gasteiger partial charge in [0, 0.05) is 12.7 Å². The number of nitrogen functional groups attached to an aromatic ring is 1. The highest BCUT2D eigenvalue weighted by Gasteiger charge is 2.19. The molecule has 0 aliphatic rings. The third-order valence-corrected chi connectivity index (χ3v) is 2.69. The lowest BCUT2D eigenvalue weighted by molar-refractivity contribution is 0.0521. The van der Waals surface area contributed by atoms with Crippen LogP contribution in [0.15, 0.2) is 12.4 Å². The van der Waals surface area contributed by atoms with E-state index in [1.165, 1.54) is 0 Å². The number of carbonyl (C=O) groups excluding carboxylic acids is 1. The molecule has 0 bridgehead atoms. The van der Waals surface area contributed by atoms with Crippen LogP contribution in [0.25, 0.3) is 0 Å². The number of ether oxygens (including phenoxy) is 1. The molecule has 0 spiro atoms. The molecule has 0 aliphatic carbocycles. The van der Waals surface area contributed by atoms with E-state index in [0.29, 0.717) is 31.3 Å². The maximum atomic E-state index is 11.7. The average Bonchev–Trinajstić information content (AvgIpc) is 2.97. The molecule has 0 aliphatic heterocycles. The number of nitrogens with zero attached hydrogens (tertiary/aromatic N) is 5. The Hall–Kier alpha value is -2.38. The number of aryl methyl sites for hydroxylation is 2. The summed E-state index contributed by atoms with van der Waals surface area (Å²) in [5.74, 6) is 0.485. The first-order valence-electron chi connectivity index (χ1n) is 5.97. The lowest BCUT2D eigenvalue weighted by Gasteiger charge is -2.07. The van der Waals surface area contributed by atoms with Gasteiger partial charge >= 0.3 is 5.97 Å². The van der Waals surface area contributed by atoms with Crippen molar-refractivity contribution >= 4 is 11.8 Å². The van der Waals surface area contributed by atoms with Crippen molar-refractivity contribution in [2.75, 3.05) is 12.3 Å². The van der Waals surface area contributed by atoms with E-state index < -0.39 is 5.97 Å². The van der Waals surface area contributed by atoms with E-state index in [1.807, 2.05) is 0 Å². The summed E-state index contributed by atoms with van der Waals surface area (Å²) in [5.41, 5.74) is 6.09. The van der Waals surface area contributed by atoms with Crippen molar-refractivity contribution in [3.63, 3.8) is 0 Å². The van der Waals surface area contributed by atoms with Gasteiger partial charge in [-0.05, 0) is 13.8 Å². The smallest absolute Gasteiger partial charge is 0.360 e. The number of aromatic nitrogens is 5. The van der Waals surface area contributed by atoms with Crippen molar-refractivity contribution in [1.82, 2.24) is 24.5 Å². The molecule has 2 rings (SSSR count). The number of esters is 1. The molecule has 0 saturated heterocycles. The minimum atomic E-state index is -0.498. The number of imidazole rings is 1. The Morgan fingerprint density at radius 3 is 2.89 bits per heavy atom. The van der Waals surface area contributed by atoms with E-state index in [9.17, 15) is 4.79 Å². The Morgan fingerprint density at radius 2 is 2.26 bits per heavy atom. The van der Waals surface area contributed by atoms with Crippen molar-refractivity contribution in [3.05, 3.63) is 23.9 Å². The molecule has 2 heterocycles. The summed E-state index contributed by atoms with van der Waals surface area (Å²) >= 11 is 0. The van der Waals surface area contributed by atoms with Gasteiger partial charge in [0.2, 0.25) is 0 Å². The van der Waals surface area contributed by atoms with Crippen LogP contribution in [-0.4, -0.2) is 37.1 Å². The van der Waals surface area contributed by atoms with E-state index >= 15 is 0 Å². The molecule has 2 N–H and O–H groups in total. The SMILES string of the molecule is CCOC(=O)c1nc(C)n(CCn2ccnn2)c1N. The predicted octanol–water partition coefficient (Wildman–Crippen LogP) is 0.242. The molecule has 0 fully saturated rings. The first-order chi connectivity index (χ1) is 9.13. The molecule has 8 nitrogen and oxygen atoms in total. The van der Waals surface area contributed by atoms with Crippen molar-refractivity contribution < 1.29 is 9.53 Å². The Bertz CT molecular complexity index is 560. The topological polar surface area (TPSA) is 101 Å². The van der Waals surface area contributed by atoms with Crippen LogP contribution >= 0.6 is 0 Å². The Morgan fingerprint density at radius 1 is 1.47 bits per heavy atom. The largest absolute Gasteiger partial charge is 0.461 e. The molecule has 2 aromatic rings. The minimum Gasteiger partial charge on any atom is -0.461 e. The van der Waals surface area contributed by atoms with E-state index in [2.05, 4.69) is 15.3 Å². The molecule has 0 aromatic carbocycles. The van der Waals surface area contributed by atoms with Crippen molar-refractivity contribution in [1.29, 1.82) is 0 Å². The molecule has 0 atom stereocenters. The van der Waals surface area contributed by atoms with Crippen molar-refractivity contribution in [2.24, 2.45) is 0 Å². The van der Waals surface area contributed by atoms with Gasteiger partial charge in [0.05, 0.1) is 19.3 Å². The summed E-state index contributed by atoms with van der Waals surface area (Å²) in [5, 5.41) is 7.58. The second-order valence-corrected chi connectivity index (χ2v) is 3.93. The van der Waals surface area contributed by atoms with Crippen LogP contribution in [0.1, 0.15) is 23.2 Å². The van der Waals surface area contributed by atoms with Crippen molar-refractivity contribution in [2.45, 2.75) is 26.9 Å². The Kier molecular flexibility index (Phi) is 3.79. The molecule has 2 aromatic heterocycles. The molecule has 0 saturated carbocycles. The summed E-state index contributed by atoms with van der Waals surface area (Å²) in [4.78, 5) is 15.8. The maximum absolute atomic E-state index is 11.7. The molecule has 19 heavy (non-hydrogen) atoms. The summed E-state index contributed by atoms with van der Waals surface area (Å²) in [6, 6.07) is 0. The van der Waals surface area contributed by atoms with Gasteiger partial charge in [-0.25, -0.2) is 9.78 Å². The number of nitrogens with two attached hydrogens (primary N) is 1. The zero-order valence-electron chi connectivity index (χ0n) is 10.9. The fourth-order valence-corrected chi connectivity index (χ4v) is 1.77. The lowest BCUT2D eigenvalue weighted by atomic mass is 10.4. The third-order valence-electron chi connectivity index (χ3n) is 2.69. The van der Waals surface area contributed by atoms with Crippen LogP contribution in [-0.2, 0) is 17.8 Å². The second kappa shape index (κ2) is 5.51. The minimum absolute atomic E-state index is 0.165. The zero-order chi connectivity index (χ0) is 13.8. The fourth-order valence-electron chi connectivity index (χ4n) is 1.77. The van der Waals surface area contributed by atoms with Gasteiger partial charge in [0.15, 0.2) is 5.69 Å². The Labute approximate surface area is 110 Å².